The van der Waals surface area contributed by atoms with Gasteiger partial charge in [0.1, 0.15) is 12.4 Å². The van der Waals surface area contributed by atoms with Crippen LogP contribution >= 0.6 is 23.2 Å². The second-order valence-corrected chi connectivity index (χ2v) is 7.86. The van der Waals surface area contributed by atoms with Gasteiger partial charge in [-0.2, -0.15) is 0 Å². The zero-order chi connectivity index (χ0) is 21.3. The summed E-state index contributed by atoms with van der Waals surface area (Å²) in [7, 11) is 0. The van der Waals surface area contributed by atoms with Crippen molar-refractivity contribution >= 4 is 35.0 Å². The lowest BCUT2D eigenvalue weighted by molar-refractivity contribution is -0.132. The van der Waals surface area contributed by atoms with Crippen LogP contribution in [0.2, 0.25) is 10.0 Å². The van der Waals surface area contributed by atoms with Crippen LogP contribution in [0, 0.1) is 0 Å². The molecule has 2 amide bonds. The summed E-state index contributed by atoms with van der Waals surface area (Å²) in [4.78, 5) is 28.6. The molecule has 1 aliphatic heterocycles. The van der Waals surface area contributed by atoms with Crippen LogP contribution in [0.4, 0.5) is 0 Å². The number of nitrogens with zero attached hydrogens (tertiary/aromatic N) is 2. The molecule has 8 heteroatoms. The van der Waals surface area contributed by atoms with Gasteiger partial charge in [-0.1, -0.05) is 35.3 Å². The van der Waals surface area contributed by atoms with Gasteiger partial charge in [0, 0.05) is 56.3 Å². The van der Waals surface area contributed by atoms with Gasteiger partial charge in [-0.15, -0.1) is 0 Å². The van der Waals surface area contributed by atoms with E-state index in [4.69, 9.17) is 27.9 Å². The molecule has 0 aromatic heterocycles. The van der Waals surface area contributed by atoms with E-state index in [1.807, 2.05) is 23.1 Å². The van der Waals surface area contributed by atoms with E-state index in [0.717, 1.165) is 19.6 Å². The maximum atomic E-state index is 12.4. The summed E-state index contributed by atoms with van der Waals surface area (Å²) in [6.07, 6.45) is 0.287. The van der Waals surface area contributed by atoms with Gasteiger partial charge < -0.3 is 15.0 Å². The molecule has 0 atom stereocenters. The van der Waals surface area contributed by atoms with Gasteiger partial charge >= 0.3 is 0 Å². The molecule has 0 aliphatic carbocycles. The molecule has 30 heavy (non-hydrogen) atoms. The third-order valence-electron chi connectivity index (χ3n) is 4.96. The number of carbonyl (C=O) groups excluding carboxylic acids is 2. The van der Waals surface area contributed by atoms with Crippen LogP contribution in [0.15, 0.2) is 48.5 Å². The van der Waals surface area contributed by atoms with Crippen molar-refractivity contribution in [3.8, 4) is 5.75 Å². The lowest BCUT2D eigenvalue weighted by Crippen LogP contribution is -2.50. The molecule has 2 aromatic rings. The van der Waals surface area contributed by atoms with Crippen LogP contribution < -0.4 is 10.1 Å². The molecule has 1 aliphatic rings. The van der Waals surface area contributed by atoms with Gasteiger partial charge in [0.2, 0.25) is 5.91 Å². The minimum absolute atomic E-state index is 0.0540. The van der Waals surface area contributed by atoms with Gasteiger partial charge in [-0.25, -0.2) is 0 Å². The Morgan fingerprint density at radius 3 is 2.37 bits per heavy atom. The molecule has 0 bridgehead atoms. The van der Waals surface area contributed by atoms with Gasteiger partial charge in [-0.05, 0) is 36.4 Å². The number of rotatable bonds is 8. The number of hydrogen-bond acceptors (Lipinski definition) is 4. The van der Waals surface area contributed by atoms with Gasteiger partial charge in [0.05, 0.1) is 5.02 Å². The third kappa shape index (κ3) is 6.62. The molecule has 1 fully saturated rings. The third-order valence-corrected chi connectivity index (χ3v) is 5.52. The highest BCUT2D eigenvalue weighted by molar-refractivity contribution is 6.32. The lowest BCUT2D eigenvalue weighted by Gasteiger charge is -2.34. The molecule has 1 heterocycles. The second kappa shape index (κ2) is 11.2. The van der Waals surface area contributed by atoms with E-state index in [2.05, 4.69) is 10.2 Å². The topological polar surface area (TPSA) is 61.9 Å². The molecule has 0 saturated carbocycles. The SMILES string of the molecule is O=C(NCCC(=O)N1CCN(CCOc2ccccc2Cl)CC1)c1ccc(Cl)cc1. The number of ether oxygens (including phenoxy) is 1. The fourth-order valence-electron chi connectivity index (χ4n) is 3.21. The van der Waals surface area contributed by atoms with Crippen LogP contribution in [0.1, 0.15) is 16.8 Å². The Labute approximate surface area is 186 Å². The number of benzene rings is 2. The molecule has 0 radical (unpaired) electrons. The molecule has 1 N–H and O–H groups in total. The summed E-state index contributed by atoms with van der Waals surface area (Å²) in [6.45, 7) is 4.60. The van der Waals surface area contributed by atoms with Crippen LogP contribution in [-0.4, -0.2) is 67.5 Å². The molecule has 6 nitrogen and oxygen atoms in total. The van der Waals surface area contributed by atoms with Crippen LogP contribution in [-0.2, 0) is 4.79 Å². The van der Waals surface area contributed by atoms with Crippen molar-refractivity contribution in [1.29, 1.82) is 0 Å². The summed E-state index contributed by atoms with van der Waals surface area (Å²) in [5.41, 5.74) is 0.527. The number of hydrogen-bond donors (Lipinski definition) is 1. The van der Waals surface area contributed by atoms with E-state index in [0.29, 0.717) is 47.6 Å². The Morgan fingerprint density at radius 2 is 1.67 bits per heavy atom. The standard InChI is InChI=1S/C22H25Cl2N3O3/c23-18-7-5-17(6-8-18)22(29)25-10-9-21(28)27-13-11-26(12-14-27)15-16-30-20-4-2-1-3-19(20)24/h1-8H,9-16H2,(H,25,29). The number of amides is 2. The summed E-state index contributed by atoms with van der Waals surface area (Å²) in [5, 5.41) is 3.97. The predicted octanol–water partition coefficient (Wildman–Crippen LogP) is 3.34. The summed E-state index contributed by atoms with van der Waals surface area (Å²) >= 11 is 11.9. The lowest BCUT2D eigenvalue weighted by atomic mass is 10.2. The van der Waals surface area contributed by atoms with Crippen molar-refractivity contribution in [2.45, 2.75) is 6.42 Å². The van der Waals surface area contributed by atoms with E-state index in [1.54, 1.807) is 30.3 Å². The molecule has 1 saturated heterocycles. The highest BCUT2D eigenvalue weighted by Gasteiger charge is 2.21. The maximum Gasteiger partial charge on any atom is 0.251 e. The fourth-order valence-corrected chi connectivity index (χ4v) is 3.53. The zero-order valence-electron chi connectivity index (χ0n) is 16.7. The van der Waals surface area contributed by atoms with Gasteiger partial charge in [0.25, 0.3) is 5.91 Å². The predicted molar refractivity (Wildman–Crippen MR) is 118 cm³/mol. The summed E-state index contributed by atoms with van der Waals surface area (Å²) in [5.74, 6) is 0.537. The largest absolute Gasteiger partial charge is 0.491 e. The Bertz CT molecular complexity index is 853. The first-order chi connectivity index (χ1) is 14.5. The van der Waals surface area contributed by atoms with E-state index < -0.39 is 0 Å². The molecule has 2 aromatic carbocycles. The summed E-state index contributed by atoms with van der Waals surface area (Å²) < 4.78 is 5.73. The van der Waals surface area contributed by atoms with E-state index in [-0.39, 0.29) is 18.2 Å². The molecule has 160 valence electrons. The normalized spacial score (nSPS) is 14.4. The van der Waals surface area contributed by atoms with E-state index >= 15 is 0 Å². The van der Waals surface area contributed by atoms with Crippen LogP contribution in [0.3, 0.4) is 0 Å². The first-order valence-electron chi connectivity index (χ1n) is 9.94. The number of para-hydroxylation sites is 1. The molecule has 0 spiro atoms. The van der Waals surface area contributed by atoms with E-state index in [9.17, 15) is 9.59 Å². The highest BCUT2D eigenvalue weighted by atomic mass is 35.5. The summed E-state index contributed by atoms with van der Waals surface area (Å²) in [6, 6.07) is 14.1. The second-order valence-electron chi connectivity index (χ2n) is 7.01. The van der Waals surface area contributed by atoms with Crippen LogP contribution in [0.5, 0.6) is 5.75 Å². The van der Waals surface area contributed by atoms with Crippen molar-refractivity contribution in [1.82, 2.24) is 15.1 Å². The van der Waals surface area contributed by atoms with E-state index in [1.165, 1.54) is 0 Å². The first-order valence-corrected chi connectivity index (χ1v) is 10.7. The van der Waals surface area contributed by atoms with Crippen molar-refractivity contribution in [2.24, 2.45) is 0 Å². The smallest absolute Gasteiger partial charge is 0.251 e. The zero-order valence-corrected chi connectivity index (χ0v) is 18.2. The minimum atomic E-state index is -0.206. The quantitative estimate of drug-likeness (QED) is 0.671. The molecule has 3 rings (SSSR count). The number of carbonyl (C=O) groups is 2. The molecular formula is C22H25Cl2N3O3. The molecule has 0 unspecified atom stereocenters. The van der Waals surface area contributed by atoms with Gasteiger partial charge in [0.15, 0.2) is 0 Å². The van der Waals surface area contributed by atoms with Crippen molar-refractivity contribution in [2.75, 3.05) is 45.9 Å². The fraction of sp³-hybridized carbons (Fsp3) is 0.364. The Morgan fingerprint density at radius 1 is 0.967 bits per heavy atom. The Balaban J connectivity index is 1.31. The van der Waals surface area contributed by atoms with Crippen molar-refractivity contribution in [3.63, 3.8) is 0 Å². The average molecular weight is 450 g/mol. The Kier molecular flexibility index (Phi) is 8.37. The number of piperazine rings is 1. The maximum absolute atomic E-state index is 12.4. The minimum Gasteiger partial charge on any atom is -0.491 e. The van der Waals surface area contributed by atoms with Gasteiger partial charge in [-0.3, -0.25) is 14.5 Å². The highest BCUT2D eigenvalue weighted by Crippen LogP contribution is 2.22. The average Bonchev–Trinajstić information content (AvgIpc) is 2.76. The number of halogens is 2. The molecular weight excluding hydrogens is 425 g/mol. The van der Waals surface area contributed by atoms with Crippen molar-refractivity contribution < 1.29 is 14.3 Å². The Hall–Kier alpha value is -2.28. The van der Waals surface area contributed by atoms with Crippen molar-refractivity contribution in [3.05, 3.63) is 64.1 Å². The monoisotopic (exact) mass is 449 g/mol. The van der Waals surface area contributed by atoms with Crippen LogP contribution in [0.25, 0.3) is 0 Å². The number of nitrogens with one attached hydrogen (secondary N) is 1. The first kappa shape index (κ1) is 22.4.